The number of carbonyl (C=O) groups excluding carboxylic acids is 1. The third-order valence-corrected chi connectivity index (χ3v) is 2.56. The average Bonchev–Trinajstić information content (AvgIpc) is 1.99. The molecule has 9 heteroatoms. The number of rotatable bonds is 2. The van der Waals surface area contributed by atoms with Gasteiger partial charge in [-0.25, -0.2) is 4.79 Å². The van der Waals surface area contributed by atoms with Gasteiger partial charge >= 0.3 is 22.6 Å². The van der Waals surface area contributed by atoms with Gasteiger partial charge in [0, 0.05) is 0 Å². The van der Waals surface area contributed by atoms with Crippen molar-refractivity contribution in [2.75, 3.05) is 6.61 Å². The van der Waals surface area contributed by atoms with Crippen molar-refractivity contribution in [2.24, 2.45) is 0 Å². The number of hydrogen-bond acceptors (Lipinski definition) is 2. The van der Waals surface area contributed by atoms with Crippen LogP contribution in [0.15, 0.2) is 0 Å². The molecule has 0 saturated carbocycles. The summed E-state index contributed by atoms with van der Waals surface area (Å²) in [5.74, 6) is -2.43. The molecule has 0 aromatic carbocycles. The monoisotopic (exact) mass is 302 g/mol. The van der Waals surface area contributed by atoms with Gasteiger partial charge in [0.2, 0.25) is 0 Å². The van der Waals surface area contributed by atoms with Crippen molar-refractivity contribution in [3.8, 4) is 0 Å². The predicted molar refractivity (Wildman–Crippen MR) is 40.4 cm³/mol. The van der Waals surface area contributed by atoms with E-state index in [1.807, 2.05) is 0 Å². The van der Waals surface area contributed by atoms with Crippen molar-refractivity contribution < 1.29 is 35.9 Å². The molecule has 0 fully saturated rings. The Morgan fingerprint density at radius 2 is 1.47 bits per heavy atom. The Kier molecular flexibility index (Phi) is 4.05. The molecule has 0 aromatic heterocycles. The summed E-state index contributed by atoms with van der Waals surface area (Å²) in [4.78, 5) is 10.6. The van der Waals surface area contributed by atoms with Crippen LogP contribution < -0.4 is 0 Å². The maximum atomic E-state index is 12.1. The van der Waals surface area contributed by atoms with Gasteiger partial charge in [-0.2, -0.15) is 26.3 Å². The molecular weight excluding hydrogens is 298 g/mol. The molecule has 0 aliphatic heterocycles. The first-order valence-electron chi connectivity index (χ1n) is 3.48. The van der Waals surface area contributed by atoms with Crippen molar-refractivity contribution >= 4 is 21.9 Å². The van der Waals surface area contributed by atoms with Crippen LogP contribution in [0.1, 0.15) is 6.92 Å². The first kappa shape index (κ1) is 14.5. The second kappa shape index (κ2) is 4.18. The molecule has 0 N–H and O–H groups in total. The van der Waals surface area contributed by atoms with Gasteiger partial charge in [0.15, 0.2) is 0 Å². The van der Waals surface area contributed by atoms with Crippen LogP contribution in [0.5, 0.6) is 0 Å². The molecule has 0 heterocycles. The molecule has 0 radical (unpaired) electrons. The number of carbonyl (C=O) groups is 1. The molecule has 0 atom stereocenters. The lowest BCUT2D eigenvalue weighted by Crippen LogP contribution is -2.58. The van der Waals surface area contributed by atoms with Crippen LogP contribution in [0.25, 0.3) is 0 Å². The minimum absolute atomic E-state index is 0.585. The summed E-state index contributed by atoms with van der Waals surface area (Å²) in [5, 5.41) is 0. The number of alkyl halides is 7. The number of hydrogen-bond donors (Lipinski definition) is 0. The molecular formula is C6H5BrF6O2. The second-order valence-corrected chi connectivity index (χ2v) is 3.56. The van der Waals surface area contributed by atoms with Gasteiger partial charge in [-0.15, -0.1) is 0 Å². The quantitative estimate of drug-likeness (QED) is 0.445. The van der Waals surface area contributed by atoms with Gasteiger partial charge in [0.05, 0.1) is 6.61 Å². The zero-order valence-electron chi connectivity index (χ0n) is 7.17. The van der Waals surface area contributed by atoms with E-state index >= 15 is 0 Å². The Hall–Kier alpha value is -0.470. The van der Waals surface area contributed by atoms with Gasteiger partial charge in [0.25, 0.3) is 0 Å². The van der Waals surface area contributed by atoms with E-state index in [9.17, 15) is 31.1 Å². The Labute approximate surface area is 88.7 Å². The highest BCUT2D eigenvalue weighted by molar-refractivity contribution is 9.10. The molecule has 90 valence electrons. The van der Waals surface area contributed by atoms with Crippen LogP contribution in [0.2, 0.25) is 0 Å². The van der Waals surface area contributed by atoms with Crippen LogP contribution in [-0.4, -0.2) is 29.3 Å². The van der Waals surface area contributed by atoms with E-state index in [-0.39, 0.29) is 0 Å². The summed E-state index contributed by atoms with van der Waals surface area (Å²) in [6.07, 6.45) is -11.6. The molecule has 0 spiro atoms. The van der Waals surface area contributed by atoms with Crippen LogP contribution >= 0.6 is 15.9 Å². The molecule has 0 amide bonds. The predicted octanol–water partition coefficient (Wildman–Crippen LogP) is 2.81. The zero-order valence-corrected chi connectivity index (χ0v) is 8.76. The summed E-state index contributed by atoms with van der Waals surface area (Å²) in [6.45, 7) is 0.510. The molecule has 15 heavy (non-hydrogen) atoms. The smallest absolute Gasteiger partial charge is 0.423 e. The lowest BCUT2D eigenvalue weighted by molar-refractivity contribution is -0.262. The van der Waals surface area contributed by atoms with Gasteiger partial charge in [-0.05, 0) is 6.92 Å². The molecule has 2 nitrogen and oxygen atoms in total. The highest BCUT2D eigenvalue weighted by Gasteiger charge is 2.75. The fraction of sp³-hybridized carbons (Fsp3) is 0.833. The topological polar surface area (TPSA) is 26.3 Å². The van der Waals surface area contributed by atoms with E-state index in [1.165, 1.54) is 15.9 Å². The van der Waals surface area contributed by atoms with Gasteiger partial charge in [-0.1, -0.05) is 15.9 Å². The van der Waals surface area contributed by atoms with E-state index in [1.54, 1.807) is 0 Å². The summed E-state index contributed by atoms with van der Waals surface area (Å²) < 4.78 is 71.7. The van der Waals surface area contributed by atoms with Gasteiger partial charge in [-0.3, -0.25) is 0 Å². The molecule has 0 aromatic rings. The molecule has 0 aliphatic rings. The molecule has 0 bridgehead atoms. The number of esters is 1. The summed E-state index contributed by atoms with van der Waals surface area (Å²) in [7, 11) is 0. The first-order chi connectivity index (χ1) is 6.48. The normalized spacial score (nSPS) is 13.9. The Morgan fingerprint density at radius 3 is 1.67 bits per heavy atom. The van der Waals surface area contributed by atoms with E-state index in [2.05, 4.69) is 4.74 Å². The van der Waals surface area contributed by atoms with Crippen molar-refractivity contribution in [3.63, 3.8) is 0 Å². The van der Waals surface area contributed by atoms with Crippen molar-refractivity contribution in [1.29, 1.82) is 0 Å². The van der Waals surface area contributed by atoms with E-state index < -0.39 is 29.3 Å². The van der Waals surface area contributed by atoms with Crippen LogP contribution in [0.4, 0.5) is 26.3 Å². The van der Waals surface area contributed by atoms with Gasteiger partial charge < -0.3 is 4.74 Å². The van der Waals surface area contributed by atoms with Crippen LogP contribution in [0, 0.1) is 0 Å². The van der Waals surface area contributed by atoms with Crippen molar-refractivity contribution in [1.82, 2.24) is 0 Å². The second-order valence-electron chi connectivity index (χ2n) is 2.37. The average molecular weight is 303 g/mol. The maximum absolute atomic E-state index is 12.1. The summed E-state index contributed by atoms with van der Waals surface area (Å²) in [6, 6.07) is 0. The van der Waals surface area contributed by atoms with Crippen LogP contribution in [0.3, 0.4) is 0 Å². The summed E-state index contributed by atoms with van der Waals surface area (Å²) >= 11 is 1.37. The Morgan fingerprint density at radius 1 is 1.13 bits per heavy atom. The highest BCUT2D eigenvalue weighted by atomic mass is 79.9. The number of ether oxygens (including phenoxy) is 1. The fourth-order valence-corrected chi connectivity index (χ4v) is 0.737. The summed E-state index contributed by atoms with van der Waals surface area (Å²) in [5.41, 5.74) is 0. The highest BCUT2D eigenvalue weighted by Crippen LogP contribution is 2.50. The van der Waals surface area contributed by atoms with Crippen LogP contribution in [-0.2, 0) is 9.53 Å². The van der Waals surface area contributed by atoms with E-state index in [0.717, 1.165) is 6.92 Å². The minimum atomic E-state index is -5.82. The first-order valence-corrected chi connectivity index (χ1v) is 4.27. The number of halogens is 7. The SMILES string of the molecule is CCOC(=O)C(Br)(C(F)(F)F)C(F)(F)F. The van der Waals surface area contributed by atoms with Gasteiger partial charge in [0.1, 0.15) is 0 Å². The van der Waals surface area contributed by atoms with Crippen molar-refractivity contribution in [3.05, 3.63) is 0 Å². The Bertz CT molecular complexity index is 231. The molecule has 0 saturated heterocycles. The maximum Gasteiger partial charge on any atom is 0.423 e. The third-order valence-electron chi connectivity index (χ3n) is 1.34. The molecule has 0 rings (SSSR count). The molecule has 0 unspecified atom stereocenters. The Balaban J connectivity index is 5.33. The lowest BCUT2D eigenvalue weighted by Gasteiger charge is -2.29. The minimum Gasteiger partial charge on any atom is -0.464 e. The standard InChI is InChI=1S/C6H5BrF6O2/c1-2-15-3(14)4(7,5(8,9)10)6(11,12)13/h2H2,1H3. The molecule has 0 aliphatic carbocycles. The third kappa shape index (κ3) is 2.56. The van der Waals surface area contributed by atoms with Crippen molar-refractivity contribution in [2.45, 2.75) is 23.6 Å². The largest absolute Gasteiger partial charge is 0.464 e. The zero-order chi connectivity index (χ0) is 12.5. The lowest BCUT2D eigenvalue weighted by atomic mass is 10.1. The fourth-order valence-electron chi connectivity index (χ4n) is 0.623. The van der Waals surface area contributed by atoms with E-state index in [4.69, 9.17) is 0 Å². The van der Waals surface area contributed by atoms with E-state index in [0.29, 0.717) is 0 Å².